The molecule has 5 N–H and O–H groups in total. The molecular formula is C13H12BrClFN3. The molecule has 1 unspecified atom stereocenters. The molecule has 2 rings (SSSR count). The molecule has 0 bridgehead atoms. The second-order valence-corrected chi connectivity index (χ2v) is 5.39. The van der Waals surface area contributed by atoms with E-state index in [0.717, 1.165) is 4.47 Å². The van der Waals surface area contributed by atoms with E-state index >= 15 is 0 Å². The lowest BCUT2D eigenvalue weighted by atomic mass is 9.97. The molecule has 100 valence electrons. The lowest BCUT2D eigenvalue weighted by Gasteiger charge is -2.19. The Labute approximate surface area is 123 Å². The molecule has 2 aromatic rings. The van der Waals surface area contributed by atoms with Crippen LogP contribution in [0.15, 0.2) is 40.9 Å². The Hall–Kier alpha value is -1.14. The number of nitrogens with two attached hydrogens (primary N) is 2. The lowest BCUT2D eigenvalue weighted by Crippen LogP contribution is -2.30. The van der Waals surface area contributed by atoms with Gasteiger partial charge in [0.2, 0.25) is 0 Å². The number of nitrogens with one attached hydrogen (secondary N) is 1. The molecule has 0 spiro atoms. The van der Waals surface area contributed by atoms with Crippen LogP contribution in [-0.2, 0) is 0 Å². The number of halogens is 3. The maximum Gasteiger partial charge on any atom is 0.128 e. The molecule has 1 atom stereocenters. The van der Waals surface area contributed by atoms with Gasteiger partial charge in [-0.15, -0.1) is 0 Å². The summed E-state index contributed by atoms with van der Waals surface area (Å²) in [5, 5.41) is 0.520. The topological polar surface area (TPSA) is 64.1 Å². The second-order valence-electron chi connectivity index (χ2n) is 4.04. The molecule has 0 aliphatic rings. The van der Waals surface area contributed by atoms with Crippen molar-refractivity contribution in [2.75, 3.05) is 5.73 Å². The van der Waals surface area contributed by atoms with Gasteiger partial charge in [0.15, 0.2) is 0 Å². The van der Waals surface area contributed by atoms with Crippen LogP contribution in [0.25, 0.3) is 0 Å². The van der Waals surface area contributed by atoms with Crippen LogP contribution < -0.4 is 17.0 Å². The summed E-state index contributed by atoms with van der Waals surface area (Å²) in [6, 6.07) is 9.13. The van der Waals surface area contributed by atoms with E-state index in [1.165, 1.54) is 6.07 Å². The molecule has 19 heavy (non-hydrogen) atoms. The summed E-state index contributed by atoms with van der Waals surface area (Å²) in [4.78, 5) is 0. The number of nitrogen functional groups attached to an aromatic ring is 1. The molecule has 0 fully saturated rings. The highest BCUT2D eigenvalue weighted by Gasteiger charge is 2.19. The number of hydrazine groups is 1. The van der Waals surface area contributed by atoms with Gasteiger partial charge in [-0.3, -0.25) is 5.84 Å². The van der Waals surface area contributed by atoms with Crippen LogP contribution in [0.4, 0.5) is 10.1 Å². The van der Waals surface area contributed by atoms with Crippen molar-refractivity contribution in [2.45, 2.75) is 6.04 Å². The summed E-state index contributed by atoms with van der Waals surface area (Å²) in [6.07, 6.45) is 0. The fraction of sp³-hybridized carbons (Fsp3) is 0.0769. The molecule has 0 radical (unpaired) electrons. The van der Waals surface area contributed by atoms with Crippen molar-refractivity contribution in [1.82, 2.24) is 5.43 Å². The lowest BCUT2D eigenvalue weighted by molar-refractivity contribution is 0.560. The fourth-order valence-corrected chi connectivity index (χ4v) is 2.45. The predicted molar refractivity (Wildman–Crippen MR) is 79.1 cm³/mol. The van der Waals surface area contributed by atoms with Crippen molar-refractivity contribution in [3.05, 3.63) is 62.8 Å². The zero-order chi connectivity index (χ0) is 14.0. The van der Waals surface area contributed by atoms with Crippen molar-refractivity contribution in [3.63, 3.8) is 0 Å². The first kappa shape index (κ1) is 14.3. The van der Waals surface area contributed by atoms with Gasteiger partial charge in [-0.2, -0.15) is 0 Å². The third-order valence-corrected chi connectivity index (χ3v) is 3.52. The molecule has 0 saturated carbocycles. The van der Waals surface area contributed by atoms with Crippen molar-refractivity contribution < 1.29 is 4.39 Å². The van der Waals surface area contributed by atoms with Crippen LogP contribution in [0.5, 0.6) is 0 Å². The highest BCUT2D eigenvalue weighted by Crippen LogP contribution is 2.31. The Kier molecular flexibility index (Phi) is 4.42. The van der Waals surface area contributed by atoms with Crippen LogP contribution in [0, 0.1) is 5.82 Å². The van der Waals surface area contributed by atoms with Gasteiger partial charge in [0.25, 0.3) is 0 Å². The van der Waals surface area contributed by atoms with Gasteiger partial charge in [0.1, 0.15) is 5.82 Å². The van der Waals surface area contributed by atoms with E-state index in [-0.39, 0.29) is 5.82 Å². The monoisotopic (exact) mass is 343 g/mol. The first-order valence-corrected chi connectivity index (χ1v) is 6.66. The Bertz CT molecular complexity index is 606. The number of anilines is 1. The number of hydrogen-bond acceptors (Lipinski definition) is 3. The minimum Gasteiger partial charge on any atom is -0.398 e. The van der Waals surface area contributed by atoms with Crippen LogP contribution in [-0.4, -0.2) is 0 Å². The smallest absolute Gasteiger partial charge is 0.128 e. The highest BCUT2D eigenvalue weighted by atomic mass is 79.9. The van der Waals surface area contributed by atoms with E-state index in [0.29, 0.717) is 21.8 Å². The van der Waals surface area contributed by atoms with Crippen LogP contribution in [0.2, 0.25) is 5.02 Å². The molecular weight excluding hydrogens is 333 g/mol. The third-order valence-electron chi connectivity index (χ3n) is 2.80. The molecule has 0 aliphatic carbocycles. The Morgan fingerprint density at radius 3 is 2.53 bits per heavy atom. The minimum atomic E-state index is -0.547. The van der Waals surface area contributed by atoms with Gasteiger partial charge in [-0.1, -0.05) is 33.6 Å². The molecule has 6 heteroatoms. The van der Waals surface area contributed by atoms with Gasteiger partial charge in [-0.05, 0) is 35.9 Å². The first-order valence-electron chi connectivity index (χ1n) is 5.49. The quantitative estimate of drug-likeness (QED) is 0.454. The van der Waals surface area contributed by atoms with Gasteiger partial charge < -0.3 is 5.73 Å². The zero-order valence-corrected chi connectivity index (χ0v) is 12.2. The number of rotatable bonds is 3. The third kappa shape index (κ3) is 3.06. The molecule has 0 aliphatic heterocycles. The molecule has 0 saturated heterocycles. The van der Waals surface area contributed by atoms with Gasteiger partial charge in [-0.25, -0.2) is 9.82 Å². The highest BCUT2D eigenvalue weighted by molar-refractivity contribution is 9.10. The van der Waals surface area contributed by atoms with E-state index in [1.54, 1.807) is 30.3 Å². The Morgan fingerprint density at radius 2 is 1.89 bits per heavy atom. The average molecular weight is 345 g/mol. The number of hydrogen-bond donors (Lipinski definition) is 3. The van der Waals surface area contributed by atoms with Crippen LogP contribution in [0.3, 0.4) is 0 Å². The van der Waals surface area contributed by atoms with E-state index in [9.17, 15) is 4.39 Å². The van der Waals surface area contributed by atoms with E-state index in [2.05, 4.69) is 21.4 Å². The molecule has 0 amide bonds. The van der Waals surface area contributed by atoms with Crippen molar-refractivity contribution in [3.8, 4) is 0 Å². The van der Waals surface area contributed by atoms with E-state index in [1.807, 2.05) is 0 Å². The van der Waals surface area contributed by atoms with E-state index < -0.39 is 6.04 Å². The average Bonchev–Trinajstić information content (AvgIpc) is 2.36. The summed E-state index contributed by atoms with van der Waals surface area (Å²) in [5.41, 5.74) is 10.0. The maximum absolute atomic E-state index is 13.9. The van der Waals surface area contributed by atoms with Crippen molar-refractivity contribution >= 4 is 33.2 Å². The first-order chi connectivity index (χ1) is 9.02. The summed E-state index contributed by atoms with van der Waals surface area (Å²) in [5.74, 6) is 5.18. The standard InChI is InChI=1S/C13H12BrClFN3/c14-7-1-4-11(16)10(5-7)13(19-18)9-3-2-8(15)6-12(9)17/h1-6,13,19H,17-18H2. The van der Waals surface area contributed by atoms with Crippen LogP contribution in [0.1, 0.15) is 17.2 Å². The van der Waals surface area contributed by atoms with Crippen molar-refractivity contribution in [2.24, 2.45) is 5.84 Å². The van der Waals surface area contributed by atoms with Crippen molar-refractivity contribution in [1.29, 1.82) is 0 Å². The molecule has 0 aromatic heterocycles. The second kappa shape index (κ2) is 5.88. The SMILES string of the molecule is NNC(c1ccc(Cl)cc1N)c1cc(Br)ccc1F. The van der Waals surface area contributed by atoms with Gasteiger partial charge >= 0.3 is 0 Å². The maximum atomic E-state index is 13.9. The Morgan fingerprint density at radius 1 is 1.16 bits per heavy atom. The van der Waals surface area contributed by atoms with Gasteiger partial charge in [0.05, 0.1) is 6.04 Å². The predicted octanol–water partition coefficient (Wildman–Crippen LogP) is 3.38. The summed E-state index contributed by atoms with van der Waals surface area (Å²) >= 11 is 9.16. The summed E-state index contributed by atoms with van der Waals surface area (Å²) in [6.45, 7) is 0. The molecule has 3 nitrogen and oxygen atoms in total. The normalized spacial score (nSPS) is 12.4. The largest absolute Gasteiger partial charge is 0.398 e. The fourth-order valence-electron chi connectivity index (χ4n) is 1.89. The summed E-state index contributed by atoms with van der Waals surface area (Å²) < 4.78 is 14.7. The number of benzene rings is 2. The molecule has 0 heterocycles. The Balaban J connectivity index is 2.52. The van der Waals surface area contributed by atoms with E-state index in [4.69, 9.17) is 23.2 Å². The minimum absolute atomic E-state index is 0.361. The summed E-state index contributed by atoms with van der Waals surface area (Å²) in [7, 11) is 0. The van der Waals surface area contributed by atoms with Gasteiger partial charge in [0, 0.05) is 20.7 Å². The molecule has 2 aromatic carbocycles. The van der Waals surface area contributed by atoms with Crippen LogP contribution >= 0.6 is 27.5 Å². The zero-order valence-electron chi connectivity index (χ0n) is 9.83.